The number of nitrogens with zero attached hydrogens (tertiary/aromatic N) is 3. The van der Waals surface area contributed by atoms with Crippen molar-refractivity contribution < 1.29 is 14.0 Å². The normalized spacial score (nSPS) is 19.0. The average molecular weight is 490 g/mol. The highest BCUT2D eigenvalue weighted by atomic mass is 16.5. The summed E-state index contributed by atoms with van der Waals surface area (Å²) in [5.41, 5.74) is 2.48. The molecule has 192 valence electrons. The average Bonchev–Trinajstić information content (AvgIpc) is 3.35. The molecule has 1 aliphatic carbocycles. The Balaban J connectivity index is 1.27. The molecule has 1 atom stereocenters. The van der Waals surface area contributed by atoms with Crippen LogP contribution >= 0.6 is 0 Å². The maximum atomic E-state index is 5.48. The smallest absolute Gasteiger partial charge is 0.250 e. The molecule has 1 aromatic heterocycles. The molecule has 0 radical (unpaired) electrons. The first kappa shape index (κ1) is 26.0. The summed E-state index contributed by atoms with van der Waals surface area (Å²) in [5, 5.41) is 4.16. The molecule has 1 unspecified atom stereocenters. The van der Waals surface area contributed by atoms with Crippen LogP contribution in [-0.4, -0.2) is 49.4 Å². The van der Waals surface area contributed by atoms with Crippen LogP contribution in [-0.2, 0) is 12.8 Å². The van der Waals surface area contributed by atoms with Crippen molar-refractivity contribution in [1.29, 1.82) is 0 Å². The number of allylic oxidation sites excluding steroid dienone is 1. The zero-order chi connectivity index (χ0) is 25.3. The van der Waals surface area contributed by atoms with Crippen molar-refractivity contribution in [2.75, 3.05) is 28.3 Å². The Hall–Kier alpha value is -3.12. The third-order valence-corrected chi connectivity index (χ3v) is 7.40. The van der Waals surface area contributed by atoms with Gasteiger partial charge in [-0.15, -0.1) is 0 Å². The fourth-order valence-corrected chi connectivity index (χ4v) is 5.40. The third-order valence-electron chi connectivity index (χ3n) is 7.40. The van der Waals surface area contributed by atoms with Crippen LogP contribution in [0.1, 0.15) is 54.9 Å². The van der Waals surface area contributed by atoms with Gasteiger partial charge in [-0.05, 0) is 93.8 Å². The van der Waals surface area contributed by atoms with Crippen molar-refractivity contribution in [2.24, 2.45) is 11.8 Å². The molecule has 6 heteroatoms. The lowest BCUT2D eigenvalue weighted by molar-refractivity contribution is 0.150. The number of aromatic nitrogens is 2. The predicted molar refractivity (Wildman–Crippen MR) is 143 cm³/mol. The molecule has 0 saturated heterocycles. The minimum Gasteiger partial charge on any atom is -0.493 e. The second kappa shape index (κ2) is 12.7. The molecule has 3 aromatic rings. The zero-order valence-electron chi connectivity index (χ0n) is 22.0. The van der Waals surface area contributed by atoms with Gasteiger partial charge in [-0.3, -0.25) is 0 Å². The van der Waals surface area contributed by atoms with E-state index in [1.165, 1.54) is 37.7 Å². The Bertz CT molecular complexity index is 1100. The number of benzene rings is 2. The van der Waals surface area contributed by atoms with Gasteiger partial charge in [-0.1, -0.05) is 47.6 Å². The lowest BCUT2D eigenvalue weighted by Gasteiger charge is -2.37. The highest BCUT2D eigenvalue weighted by molar-refractivity contribution is 5.44. The molecule has 1 heterocycles. The topological polar surface area (TPSA) is 60.6 Å². The van der Waals surface area contributed by atoms with Crippen molar-refractivity contribution in [1.82, 2.24) is 15.0 Å². The summed E-state index contributed by atoms with van der Waals surface area (Å²) in [6.45, 7) is 0. The minimum atomic E-state index is 0.569. The van der Waals surface area contributed by atoms with Gasteiger partial charge in [-0.25, -0.2) is 0 Å². The summed E-state index contributed by atoms with van der Waals surface area (Å²) in [7, 11) is 7.74. The molecule has 4 rings (SSSR count). The third kappa shape index (κ3) is 6.97. The summed E-state index contributed by atoms with van der Waals surface area (Å²) in [5.74, 6) is 3.97. The standard InChI is InChI=1S/C30H39N3O3/c1-33(2)26(17-12-22-8-6-5-7-9-22)25-15-10-23(11-16-25)14-19-30-31-29(32-36-30)21-24-13-18-27(34-3)28(20-24)35-4/h5-9,13-14,18-20,23,25-26H,10-12,15-17,21H2,1-4H3/b19-14+. The molecule has 0 aliphatic heterocycles. The van der Waals surface area contributed by atoms with E-state index in [0.717, 1.165) is 17.9 Å². The molecule has 0 N–H and O–H groups in total. The number of hydrogen-bond acceptors (Lipinski definition) is 6. The van der Waals surface area contributed by atoms with Crippen molar-refractivity contribution in [3.8, 4) is 11.5 Å². The van der Waals surface area contributed by atoms with Crippen molar-refractivity contribution in [3.05, 3.63) is 77.4 Å². The van der Waals surface area contributed by atoms with E-state index in [0.29, 0.717) is 41.6 Å². The lowest BCUT2D eigenvalue weighted by Crippen LogP contribution is -2.37. The molecule has 2 aromatic carbocycles. The molecule has 0 bridgehead atoms. The Kier molecular flexibility index (Phi) is 9.17. The van der Waals surface area contributed by atoms with Crippen molar-refractivity contribution in [2.45, 2.75) is 51.0 Å². The molecule has 1 saturated carbocycles. The van der Waals surface area contributed by atoms with Gasteiger partial charge in [0.2, 0.25) is 5.89 Å². The SMILES string of the molecule is COc1ccc(Cc2noc(/C=C/C3CCC(C(CCc4ccccc4)N(C)C)CC3)n2)cc1OC. The number of aryl methyl sites for hydroxylation is 1. The number of ether oxygens (including phenoxy) is 2. The first-order valence-corrected chi connectivity index (χ1v) is 13.0. The number of methoxy groups -OCH3 is 2. The van der Waals surface area contributed by atoms with Gasteiger partial charge >= 0.3 is 0 Å². The summed E-state index contributed by atoms with van der Waals surface area (Å²) in [4.78, 5) is 7.00. The van der Waals surface area contributed by atoms with Gasteiger partial charge in [0.05, 0.1) is 14.2 Å². The Morgan fingerprint density at radius 3 is 2.42 bits per heavy atom. The second-order valence-corrected chi connectivity index (χ2v) is 10.0. The van der Waals surface area contributed by atoms with Crippen LogP contribution in [0.4, 0.5) is 0 Å². The highest BCUT2D eigenvalue weighted by Gasteiger charge is 2.28. The van der Waals surface area contributed by atoms with Gasteiger partial charge < -0.3 is 18.9 Å². The monoisotopic (exact) mass is 489 g/mol. The zero-order valence-corrected chi connectivity index (χ0v) is 22.0. The van der Waals surface area contributed by atoms with E-state index >= 15 is 0 Å². The van der Waals surface area contributed by atoms with Gasteiger partial charge in [-0.2, -0.15) is 4.98 Å². The number of rotatable bonds is 11. The quantitative estimate of drug-likeness (QED) is 0.326. The first-order chi connectivity index (χ1) is 17.6. The molecule has 1 fully saturated rings. The van der Waals surface area contributed by atoms with Crippen LogP contribution in [0.2, 0.25) is 0 Å². The fraction of sp³-hybridized carbons (Fsp3) is 0.467. The molecule has 6 nitrogen and oxygen atoms in total. The maximum absolute atomic E-state index is 5.48. The van der Waals surface area contributed by atoms with Gasteiger partial charge in [0, 0.05) is 12.5 Å². The minimum absolute atomic E-state index is 0.569. The fourth-order valence-electron chi connectivity index (χ4n) is 5.40. The molecule has 0 spiro atoms. The van der Waals surface area contributed by atoms with Crippen molar-refractivity contribution >= 4 is 6.08 Å². The van der Waals surface area contributed by atoms with Crippen LogP contribution in [0, 0.1) is 11.8 Å². The molecular formula is C30H39N3O3. The lowest BCUT2D eigenvalue weighted by atomic mass is 9.76. The predicted octanol–water partition coefficient (Wildman–Crippen LogP) is 6.06. The van der Waals surface area contributed by atoms with E-state index in [4.69, 9.17) is 14.0 Å². The summed E-state index contributed by atoms with van der Waals surface area (Å²) >= 11 is 0. The largest absolute Gasteiger partial charge is 0.493 e. The Morgan fingerprint density at radius 1 is 0.972 bits per heavy atom. The van der Waals surface area contributed by atoms with Crippen LogP contribution in [0.3, 0.4) is 0 Å². The van der Waals surface area contributed by atoms with Crippen LogP contribution in [0.25, 0.3) is 6.08 Å². The van der Waals surface area contributed by atoms with E-state index in [1.54, 1.807) is 14.2 Å². The molecule has 1 aliphatic rings. The second-order valence-electron chi connectivity index (χ2n) is 10.0. The molecule has 36 heavy (non-hydrogen) atoms. The van der Waals surface area contributed by atoms with Crippen LogP contribution in [0.15, 0.2) is 59.1 Å². The molecular weight excluding hydrogens is 450 g/mol. The van der Waals surface area contributed by atoms with Gasteiger partial charge in [0.25, 0.3) is 0 Å². The van der Waals surface area contributed by atoms with Gasteiger partial charge in [0.15, 0.2) is 17.3 Å². The maximum Gasteiger partial charge on any atom is 0.250 e. The summed E-state index contributed by atoms with van der Waals surface area (Å²) in [6, 6.07) is 17.3. The first-order valence-electron chi connectivity index (χ1n) is 13.0. The Morgan fingerprint density at radius 2 is 1.72 bits per heavy atom. The number of hydrogen-bond donors (Lipinski definition) is 0. The van der Waals surface area contributed by atoms with Crippen molar-refractivity contribution in [3.63, 3.8) is 0 Å². The Labute approximate surface area is 215 Å². The van der Waals surface area contributed by atoms with Crippen LogP contribution < -0.4 is 9.47 Å². The van der Waals surface area contributed by atoms with E-state index in [-0.39, 0.29) is 0 Å². The summed E-state index contributed by atoms with van der Waals surface area (Å²) < 4.78 is 16.2. The highest BCUT2D eigenvalue weighted by Crippen LogP contribution is 2.35. The molecule has 0 amide bonds. The van der Waals surface area contributed by atoms with E-state index in [2.05, 4.69) is 65.5 Å². The van der Waals surface area contributed by atoms with E-state index < -0.39 is 0 Å². The van der Waals surface area contributed by atoms with E-state index in [9.17, 15) is 0 Å². The summed E-state index contributed by atoms with van der Waals surface area (Å²) in [6.07, 6.45) is 12.2. The van der Waals surface area contributed by atoms with Crippen LogP contribution in [0.5, 0.6) is 11.5 Å². The van der Waals surface area contributed by atoms with E-state index in [1.807, 2.05) is 24.3 Å². The van der Waals surface area contributed by atoms with Gasteiger partial charge in [0.1, 0.15) is 0 Å².